The molecule has 0 aliphatic heterocycles. The van der Waals surface area contributed by atoms with E-state index in [0.717, 1.165) is 6.20 Å². The molecule has 2 heterocycles. The van der Waals surface area contributed by atoms with Gasteiger partial charge in [-0.05, 0) is 18.2 Å². The number of aromatic nitrogens is 3. The van der Waals surface area contributed by atoms with E-state index in [0.29, 0.717) is 15.5 Å². The van der Waals surface area contributed by atoms with Gasteiger partial charge >= 0.3 is 6.55 Å². The van der Waals surface area contributed by atoms with E-state index in [1.165, 1.54) is 36.3 Å². The Morgan fingerprint density at radius 2 is 2.22 bits per heavy atom. The van der Waals surface area contributed by atoms with Crippen LogP contribution in [0.3, 0.4) is 0 Å². The van der Waals surface area contributed by atoms with E-state index in [-0.39, 0.29) is 18.1 Å². The number of hydrogen-bond acceptors (Lipinski definition) is 2. The highest BCUT2D eigenvalue weighted by Gasteiger charge is 2.19. The van der Waals surface area contributed by atoms with Crippen molar-refractivity contribution in [2.24, 2.45) is 0 Å². The lowest BCUT2D eigenvalue weighted by atomic mass is 10.2. The SMILES string of the molecule is CN(Cc1nccn1C(F)F)C(=O)c1cc2c(F)cccc2[nH]1. The number of carbonyl (C=O) groups excluding carboxylic acids is 1. The zero-order valence-corrected chi connectivity index (χ0v) is 12.1. The van der Waals surface area contributed by atoms with Gasteiger partial charge in [0, 0.05) is 30.3 Å². The molecule has 0 bridgehead atoms. The van der Waals surface area contributed by atoms with Crippen molar-refractivity contribution < 1.29 is 18.0 Å². The Morgan fingerprint density at radius 1 is 1.43 bits per heavy atom. The highest BCUT2D eigenvalue weighted by atomic mass is 19.3. The molecule has 0 aliphatic rings. The summed E-state index contributed by atoms with van der Waals surface area (Å²) in [5.41, 5.74) is 0.679. The molecule has 0 radical (unpaired) electrons. The van der Waals surface area contributed by atoms with Crippen LogP contribution >= 0.6 is 0 Å². The summed E-state index contributed by atoms with van der Waals surface area (Å²) in [6.45, 7) is -2.81. The number of alkyl halides is 2. The van der Waals surface area contributed by atoms with Gasteiger partial charge in [-0.15, -0.1) is 0 Å². The number of nitrogens with zero attached hydrogens (tertiary/aromatic N) is 3. The Kier molecular flexibility index (Phi) is 3.81. The fourth-order valence-electron chi connectivity index (χ4n) is 2.37. The van der Waals surface area contributed by atoms with E-state index in [9.17, 15) is 18.0 Å². The molecule has 0 atom stereocenters. The van der Waals surface area contributed by atoms with Crippen LogP contribution in [-0.4, -0.2) is 32.4 Å². The van der Waals surface area contributed by atoms with Gasteiger partial charge in [-0.2, -0.15) is 8.78 Å². The molecular formula is C15H13F3N4O. The summed E-state index contributed by atoms with van der Waals surface area (Å²) >= 11 is 0. The van der Waals surface area contributed by atoms with Gasteiger partial charge in [0.15, 0.2) is 0 Å². The molecule has 0 fully saturated rings. The van der Waals surface area contributed by atoms with Crippen molar-refractivity contribution >= 4 is 16.8 Å². The average molecular weight is 322 g/mol. The summed E-state index contributed by atoms with van der Waals surface area (Å²) in [5.74, 6) is -0.809. The van der Waals surface area contributed by atoms with Crippen LogP contribution in [-0.2, 0) is 6.54 Å². The number of hydrogen-bond donors (Lipinski definition) is 1. The maximum absolute atomic E-state index is 13.7. The van der Waals surface area contributed by atoms with Gasteiger partial charge < -0.3 is 9.88 Å². The summed E-state index contributed by atoms with van der Waals surface area (Å²) in [6.07, 6.45) is 2.40. The van der Waals surface area contributed by atoms with E-state index in [2.05, 4.69) is 9.97 Å². The van der Waals surface area contributed by atoms with Crippen LogP contribution < -0.4 is 0 Å². The quantitative estimate of drug-likeness (QED) is 0.802. The summed E-state index contributed by atoms with van der Waals surface area (Å²) in [7, 11) is 1.47. The fourth-order valence-corrected chi connectivity index (χ4v) is 2.37. The first-order valence-electron chi connectivity index (χ1n) is 6.80. The number of rotatable bonds is 4. The Morgan fingerprint density at radius 3 is 2.91 bits per heavy atom. The lowest BCUT2D eigenvalue weighted by Gasteiger charge is -2.16. The zero-order valence-electron chi connectivity index (χ0n) is 12.1. The lowest BCUT2D eigenvalue weighted by molar-refractivity contribution is 0.0611. The summed E-state index contributed by atoms with van der Waals surface area (Å²) in [6, 6.07) is 5.89. The van der Waals surface area contributed by atoms with Gasteiger partial charge in [-0.1, -0.05) is 6.07 Å². The van der Waals surface area contributed by atoms with Gasteiger partial charge in [0.05, 0.1) is 6.54 Å². The molecule has 0 spiro atoms. The first-order chi connectivity index (χ1) is 11.0. The first-order valence-corrected chi connectivity index (χ1v) is 6.80. The monoisotopic (exact) mass is 322 g/mol. The van der Waals surface area contributed by atoms with Crippen LogP contribution in [0.1, 0.15) is 22.9 Å². The number of benzene rings is 1. The number of nitrogens with one attached hydrogen (secondary N) is 1. The minimum Gasteiger partial charge on any atom is -0.350 e. The zero-order chi connectivity index (χ0) is 16.6. The summed E-state index contributed by atoms with van der Waals surface area (Å²) in [5, 5.41) is 0.304. The van der Waals surface area contributed by atoms with Crippen molar-refractivity contribution in [3.05, 3.63) is 54.0 Å². The van der Waals surface area contributed by atoms with Gasteiger partial charge in [0.2, 0.25) is 0 Å². The first kappa shape index (κ1) is 15.1. The number of amides is 1. The van der Waals surface area contributed by atoms with Crippen LogP contribution in [0.25, 0.3) is 10.9 Å². The second-order valence-electron chi connectivity index (χ2n) is 5.07. The third-order valence-electron chi connectivity index (χ3n) is 3.53. The molecule has 3 rings (SSSR count). The summed E-state index contributed by atoms with van der Waals surface area (Å²) in [4.78, 5) is 20.3. The maximum atomic E-state index is 13.7. The number of halogens is 3. The molecule has 3 aromatic rings. The lowest BCUT2D eigenvalue weighted by Crippen LogP contribution is -2.28. The van der Waals surface area contributed by atoms with E-state index in [4.69, 9.17) is 0 Å². The molecule has 5 nitrogen and oxygen atoms in total. The fraction of sp³-hybridized carbons (Fsp3) is 0.200. The van der Waals surface area contributed by atoms with Crippen molar-refractivity contribution in [2.45, 2.75) is 13.1 Å². The topological polar surface area (TPSA) is 53.9 Å². The smallest absolute Gasteiger partial charge is 0.319 e. The standard InChI is InChI=1S/C15H13F3N4O/c1-21(8-13-19-5-6-22(13)15(17)18)14(23)12-7-9-10(16)3-2-4-11(9)20-12/h2-7,15,20H,8H2,1H3. The number of H-pyrrole nitrogens is 1. The van der Waals surface area contributed by atoms with Crippen LogP contribution in [0.5, 0.6) is 0 Å². The van der Waals surface area contributed by atoms with Gasteiger partial charge in [-0.3, -0.25) is 9.36 Å². The molecule has 0 saturated heterocycles. The maximum Gasteiger partial charge on any atom is 0.319 e. The predicted molar refractivity (Wildman–Crippen MR) is 77.5 cm³/mol. The highest BCUT2D eigenvalue weighted by Crippen LogP contribution is 2.20. The molecule has 8 heteroatoms. The molecule has 1 amide bonds. The van der Waals surface area contributed by atoms with Gasteiger partial charge in [-0.25, -0.2) is 9.37 Å². The van der Waals surface area contributed by atoms with E-state index < -0.39 is 18.3 Å². The molecule has 23 heavy (non-hydrogen) atoms. The second kappa shape index (κ2) is 5.79. The van der Waals surface area contributed by atoms with E-state index >= 15 is 0 Å². The minimum atomic E-state index is -2.72. The molecule has 1 N–H and O–H groups in total. The molecule has 120 valence electrons. The van der Waals surface area contributed by atoms with Crippen molar-refractivity contribution in [3.8, 4) is 0 Å². The molecule has 2 aromatic heterocycles. The molecule has 1 aromatic carbocycles. The normalized spacial score (nSPS) is 11.3. The number of fused-ring (bicyclic) bond motifs is 1. The molecular weight excluding hydrogens is 309 g/mol. The predicted octanol–water partition coefficient (Wildman–Crippen LogP) is 3.17. The Bertz CT molecular complexity index is 855. The Balaban J connectivity index is 1.83. The van der Waals surface area contributed by atoms with Crippen molar-refractivity contribution in [2.75, 3.05) is 7.05 Å². The average Bonchev–Trinajstić information content (AvgIpc) is 3.13. The highest BCUT2D eigenvalue weighted by molar-refractivity contribution is 5.98. The Hall–Kier alpha value is -2.77. The largest absolute Gasteiger partial charge is 0.350 e. The van der Waals surface area contributed by atoms with Crippen LogP contribution in [0.2, 0.25) is 0 Å². The third-order valence-corrected chi connectivity index (χ3v) is 3.53. The number of imidazole rings is 1. The molecule has 0 saturated carbocycles. The number of carbonyl (C=O) groups is 1. The molecule has 0 unspecified atom stereocenters. The number of aromatic amines is 1. The van der Waals surface area contributed by atoms with Crippen molar-refractivity contribution in [1.82, 2.24) is 19.4 Å². The third kappa shape index (κ3) is 2.79. The van der Waals surface area contributed by atoms with Gasteiger partial charge in [0.1, 0.15) is 17.3 Å². The summed E-state index contributed by atoms with van der Waals surface area (Å²) < 4.78 is 39.9. The van der Waals surface area contributed by atoms with E-state index in [1.807, 2.05) is 0 Å². The molecule has 0 aliphatic carbocycles. The Labute approximate surface area is 129 Å². The van der Waals surface area contributed by atoms with E-state index in [1.54, 1.807) is 6.07 Å². The minimum absolute atomic E-state index is 0.0677. The van der Waals surface area contributed by atoms with Crippen LogP contribution in [0, 0.1) is 5.82 Å². The van der Waals surface area contributed by atoms with Crippen LogP contribution in [0.4, 0.5) is 13.2 Å². The van der Waals surface area contributed by atoms with Crippen LogP contribution in [0.15, 0.2) is 36.7 Å². The van der Waals surface area contributed by atoms with Crippen molar-refractivity contribution in [3.63, 3.8) is 0 Å². The second-order valence-corrected chi connectivity index (χ2v) is 5.07. The van der Waals surface area contributed by atoms with Crippen molar-refractivity contribution in [1.29, 1.82) is 0 Å². The van der Waals surface area contributed by atoms with Gasteiger partial charge in [0.25, 0.3) is 5.91 Å².